The van der Waals surface area contributed by atoms with E-state index in [4.69, 9.17) is 5.11 Å². The predicted molar refractivity (Wildman–Crippen MR) is 61.7 cm³/mol. The summed E-state index contributed by atoms with van der Waals surface area (Å²) < 4.78 is 0. The van der Waals surface area contributed by atoms with Gasteiger partial charge in [0.05, 0.1) is 11.3 Å². The summed E-state index contributed by atoms with van der Waals surface area (Å²) in [4.78, 5) is 13.1. The van der Waals surface area contributed by atoms with E-state index in [0.29, 0.717) is 5.56 Å². The third kappa shape index (κ3) is 2.29. The number of rotatable bonds is 3. The van der Waals surface area contributed by atoms with E-state index in [-0.39, 0.29) is 6.04 Å². The maximum absolute atomic E-state index is 11.1. The molecule has 0 amide bonds. The summed E-state index contributed by atoms with van der Waals surface area (Å²) in [7, 11) is 1.92. The summed E-state index contributed by atoms with van der Waals surface area (Å²) in [6.45, 7) is 6.01. The molecule has 0 fully saturated rings. The van der Waals surface area contributed by atoms with Crippen molar-refractivity contribution in [2.45, 2.75) is 26.8 Å². The monoisotopic (exact) mass is 207 g/mol. The van der Waals surface area contributed by atoms with Crippen LogP contribution in [0.4, 0.5) is 5.69 Å². The number of para-hydroxylation sites is 1. The SMILES string of the molecule is Cc1cccc(C(=O)O)c1N(C)C(C)C. The maximum atomic E-state index is 11.1. The Bertz CT molecular complexity index is 372. The standard InChI is InChI=1S/C12H17NO2/c1-8(2)13(4)11-9(3)6-5-7-10(11)12(14)15/h5-8H,1-4H3,(H,14,15). The first kappa shape index (κ1) is 11.6. The minimum atomic E-state index is -0.874. The summed E-state index contributed by atoms with van der Waals surface area (Å²) >= 11 is 0. The van der Waals surface area contributed by atoms with Crippen LogP contribution in [0.15, 0.2) is 18.2 Å². The van der Waals surface area contributed by atoms with E-state index >= 15 is 0 Å². The van der Waals surface area contributed by atoms with Gasteiger partial charge in [-0.15, -0.1) is 0 Å². The second-order valence-electron chi connectivity index (χ2n) is 3.98. The first-order chi connectivity index (χ1) is 6.95. The molecule has 1 aromatic carbocycles. The minimum absolute atomic E-state index is 0.282. The average Bonchev–Trinajstić information content (AvgIpc) is 2.16. The van der Waals surface area contributed by atoms with Crippen molar-refractivity contribution in [1.29, 1.82) is 0 Å². The molecule has 0 bridgehead atoms. The molecule has 0 atom stereocenters. The molecule has 0 saturated carbocycles. The van der Waals surface area contributed by atoms with Crippen LogP contribution in [0.2, 0.25) is 0 Å². The fourth-order valence-electron chi connectivity index (χ4n) is 1.56. The van der Waals surface area contributed by atoms with Crippen LogP contribution in [0.1, 0.15) is 29.8 Å². The Morgan fingerprint density at radius 1 is 1.40 bits per heavy atom. The fraction of sp³-hybridized carbons (Fsp3) is 0.417. The highest BCUT2D eigenvalue weighted by molar-refractivity contribution is 5.95. The summed E-state index contributed by atoms with van der Waals surface area (Å²) in [6.07, 6.45) is 0. The van der Waals surface area contributed by atoms with Crippen molar-refractivity contribution in [1.82, 2.24) is 0 Å². The second kappa shape index (κ2) is 4.34. The minimum Gasteiger partial charge on any atom is -0.478 e. The number of hydrogen-bond acceptors (Lipinski definition) is 2. The number of anilines is 1. The molecule has 0 radical (unpaired) electrons. The van der Waals surface area contributed by atoms with Crippen molar-refractivity contribution >= 4 is 11.7 Å². The normalized spacial score (nSPS) is 10.5. The molecule has 0 spiro atoms. The molecule has 0 aliphatic rings. The average molecular weight is 207 g/mol. The molecule has 1 aromatic rings. The van der Waals surface area contributed by atoms with E-state index in [2.05, 4.69) is 0 Å². The molecule has 3 heteroatoms. The van der Waals surface area contributed by atoms with Crippen LogP contribution in [-0.4, -0.2) is 24.2 Å². The lowest BCUT2D eigenvalue weighted by atomic mass is 10.1. The van der Waals surface area contributed by atoms with Crippen LogP contribution >= 0.6 is 0 Å². The lowest BCUT2D eigenvalue weighted by molar-refractivity contribution is 0.0697. The van der Waals surface area contributed by atoms with Crippen molar-refractivity contribution in [3.8, 4) is 0 Å². The Balaban J connectivity index is 3.30. The van der Waals surface area contributed by atoms with Gasteiger partial charge >= 0.3 is 5.97 Å². The number of carbonyl (C=O) groups is 1. The van der Waals surface area contributed by atoms with E-state index in [1.165, 1.54) is 0 Å². The number of aromatic carboxylic acids is 1. The van der Waals surface area contributed by atoms with Crippen LogP contribution in [-0.2, 0) is 0 Å². The number of hydrogen-bond donors (Lipinski definition) is 1. The van der Waals surface area contributed by atoms with Crippen molar-refractivity contribution in [3.63, 3.8) is 0 Å². The van der Waals surface area contributed by atoms with Gasteiger partial charge in [-0.3, -0.25) is 0 Å². The van der Waals surface area contributed by atoms with Gasteiger partial charge in [-0.1, -0.05) is 12.1 Å². The first-order valence-electron chi connectivity index (χ1n) is 5.01. The number of carboxylic acid groups (broad SMARTS) is 1. The Kier molecular flexibility index (Phi) is 3.35. The van der Waals surface area contributed by atoms with Crippen LogP contribution in [0, 0.1) is 6.92 Å². The summed E-state index contributed by atoms with van der Waals surface area (Å²) in [5.41, 5.74) is 2.16. The van der Waals surface area contributed by atoms with Gasteiger partial charge in [0.25, 0.3) is 0 Å². The summed E-state index contributed by atoms with van der Waals surface area (Å²) in [5.74, 6) is -0.874. The zero-order valence-electron chi connectivity index (χ0n) is 9.61. The smallest absolute Gasteiger partial charge is 0.337 e. The Hall–Kier alpha value is -1.51. The summed E-state index contributed by atoms with van der Waals surface area (Å²) in [6, 6.07) is 5.63. The molecule has 0 heterocycles. The number of aryl methyl sites for hydroxylation is 1. The highest BCUT2D eigenvalue weighted by atomic mass is 16.4. The van der Waals surface area contributed by atoms with Crippen molar-refractivity contribution in [3.05, 3.63) is 29.3 Å². The fourth-order valence-corrected chi connectivity index (χ4v) is 1.56. The number of carboxylic acids is 1. The van der Waals surface area contributed by atoms with E-state index in [0.717, 1.165) is 11.3 Å². The molecule has 1 N–H and O–H groups in total. The lowest BCUT2D eigenvalue weighted by Crippen LogP contribution is -2.28. The van der Waals surface area contributed by atoms with Crippen LogP contribution in [0.25, 0.3) is 0 Å². The largest absolute Gasteiger partial charge is 0.478 e. The van der Waals surface area contributed by atoms with Gasteiger partial charge in [0.2, 0.25) is 0 Å². The van der Waals surface area contributed by atoms with Gasteiger partial charge < -0.3 is 10.0 Å². The number of nitrogens with zero attached hydrogens (tertiary/aromatic N) is 1. The van der Waals surface area contributed by atoms with Crippen LogP contribution in [0.3, 0.4) is 0 Å². The van der Waals surface area contributed by atoms with Gasteiger partial charge in [0.1, 0.15) is 0 Å². The third-order valence-corrected chi connectivity index (χ3v) is 2.60. The highest BCUT2D eigenvalue weighted by Gasteiger charge is 2.16. The topological polar surface area (TPSA) is 40.5 Å². The lowest BCUT2D eigenvalue weighted by Gasteiger charge is -2.27. The van der Waals surface area contributed by atoms with E-state index in [1.54, 1.807) is 12.1 Å². The van der Waals surface area contributed by atoms with E-state index < -0.39 is 5.97 Å². The molecule has 0 saturated heterocycles. The molecular formula is C12H17NO2. The first-order valence-corrected chi connectivity index (χ1v) is 5.01. The van der Waals surface area contributed by atoms with Gasteiger partial charge in [-0.25, -0.2) is 4.79 Å². The Labute approximate surface area is 90.3 Å². The molecule has 0 aliphatic heterocycles. The van der Waals surface area contributed by atoms with Gasteiger partial charge in [-0.2, -0.15) is 0 Å². The van der Waals surface area contributed by atoms with Gasteiger partial charge in [0, 0.05) is 13.1 Å². The number of benzene rings is 1. The zero-order valence-corrected chi connectivity index (χ0v) is 9.61. The summed E-state index contributed by atoms with van der Waals surface area (Å²) in [5, 5.41) is 9.09. The molecule has 82 valence electrons. The van der Waals surface area contributed by atoms with Crippen molar-refractivity contribution in [2.24, 2.45) is 0 Å². The Morgan fingerprint density at radius 2 is 2.00 bits per heavy atom. The van der Waals surface area contributed by atoms with E-state index in [9.17, 15) is 4.79 Å². The maximum Gasteiger partial charge on any atom is 0.337 e. The molecule has 0 unspecified atom stereocenters. The Morgan fingerprint density at radius 3 is 2.47 bits per heavy atom. The van der Waals surface area contributed by atoms with Crippen molar-refractivity contribution in [2.75, 3.05) is 11.9 Å². The van der Waals surface area contributed by atoms with Gasteiger partial charge in [0.15, 0.2) is 0 Å². The highest BCUT2D eigenvalue weighted by Crippen LogP contribution is 2.25. The quantitative estimate of drug-likeness (QED) is 0.828. The van der Waals surface area contributed by atoms with Crippen LogP contribution < -0.4 is 4.90 Å². The van der Waals surface area contributed by atoms with Crippen molar-refractivity contribution < 1.29 is 9.90 Å². The molecule has 0 aliphatic carbocycles. The molecule has 3 nitrogen and oxygen atoms in total. The zero-order chi connectivity index (χ0) is 11.6. The molecule has 0 aromatic heterocycles. The molecule has 15 heavy (non-hydrogen) atoms. The third-order valence-electron chi connectivity index (χ3n) is 2.60. The van der Waals surface area contributed by atoms with Gasteiger partial charge in [-0.05, 0) is 32.4 Å². The molecule has 1 rings (SSSR count). The van der Waals surface area contributed by atoms with Crippen LogP contribution in [0.5, 0.6) is 0 Å². The van der Waals surface area contributed by atoms with E-state index in [1.807, 2.05) is 38.8 Å². The predicted octanol–water partition coefficient (Wildman–Crippen LogP) is 2.54. The molecular weight excluding hydrogens is 190 g/mol. The second-order valence-corrected chi connectivity index (χ2v) is 3.98.